The molecule has 1 aromatic rings. The second-order valence-electron chi connectivity index (χ2n) is 9.14. The van der Waals surface area contributed by atoms with Crippen molar-refractivity contribution in [2.75, 3.05) is 37.6 Å². The summed E-state index contributed by atoms with van der Waals surface area (Å²) in [4.78, 5) is 33.0. The molecule has 5 aliphatic rings. The van der Waals surface area contributed by atoms with Gasteiger partial charge in [0.25, 0.3) is 5.91 Å². The second kappa shape index (κ2) is 7.41. The van der Waals surface area contributed by atoms with Crippen LogP contribution in [0.4, 0.5) is 5.69 Å². The zero-order valence-electron chi connectivity index (χ0n) is 16.7. The van der Waals surface area contributed by atoms with E-state index >= 15 is 0 Å². The molecule has 4 aliphatic heterocycles. The zero-order chi connectivity index (χ0) is 19.1. The number of piperidine rings is 1. The maximum absolute atomic E-state index is 13.6. The maximum Gasteiger partial charge on any atom is 0.256 e. The largest absolute Gasteiger partial charge is 0.371 e. The number of rotatable bonds is 3. The number of nitrogens with zero attached hydrogens (tertiary/aromatic N) is 3. The van der Waals surface area contributed by atoms with Crippen molar-refractivity contribution in [3.63, 3.8) is 0 Å². The van der Waals surface area contributed by atoms with E-state index in [2.05, 4.69) is 20.8 Å². The average molecular weight is 382 g/mol. The smallest absolute Gasteiger partial charge is 0.256 e. The molecule has 5 heteroatoms. The molecule has 28 heavy (non-hydrogen) atoms. The molecule has 1 aromatic carbocycles. The van der Waals surface area contributed by atoms with E-state index in [1.165, 1.54) is 19.3 Å². The average Bonchev–Trinajstić information content (AvgIpc) is 3.05. The third-order valence-electron chi connectivity index (χ3n) is 7.32. The molecular formula is C23H31N3O2. The summed E-state index contributed by atoms with van der Waals surface area (Å²) < 4.78 is 0. The molecule has 2 atom stereocenters. The Morgan fingerprint density at radius 3 is 2.39 bits per heavy atom. The van der Waals surface area contributed by atoms with Crippen molar-refractivity contribution >= 4 is 17.5 Å². The van der Waals surface area contributed by atoms with Gasteiger partial charge < -0.3 is 14.7 Å². The van der Waals surface area contributed by atoms with Crippen LogP contribution >= 0.6 is 0 Å². The topological polar surface area (TPSA) is 43.9 Å². The summed E-state index contributed by atoms with van der Waals surface area (Å²) >= 11 is 0. The minimum Gasteiger partial charge on any atom is -0.371 e. The van der Waals surface area contributed by atoms with E-state index in [0.717, 1.165) is 69.7 Å². The fourth-order valence-electron chi connectivity index (χ4n) is 5.47. The third-order valence-corrected chi connectivity index (χ3v) is 7.32. The van der Waals surface area contributed by atoms with Crippen LogP contribution in [-0.2, 0) is 4.79 Å². The minimum atomic E-state index is 0.162. The maximum atomic E-state index is 13.6. The lowest BCUT2D eigenvalue weighted by Crippen LogP contribution is -2.48. The molecule has 0 aromatic heterocycles. The predicted molar refractivity (Wildman–Crippen MR) is 109 cm³/mol. The van der Waals surface area contributed by atoms with Crippen LogP contribution in [0.3, 0.4) is 0 Å². The quantitative estimate of drug-likeness (QED) is 0.808. The van der Waals surface area contributed by atoms with E-state index in [1.54, 1.807) is 0 Å². The van der Waals surface area contributed by atoms with Gasteiger partial charge in [-0.05, 0) is 56.6 Å². The Labute approximate surface area is 167 Å². The van der Waals surface area contributed by atoms with Crippen molar-refractivity contribution in [1.82, 2.24) is 9.80 Å². The van der Waals surface area contributed by atoms with E-state index in [4.69, 9.17) is 0 Å². The first-order valence-corrected chi connectivity index (χ1v) is 11.1. The van der Waals surface area contributed by atoms with Gasteiger partial charge in [-0.15, -0.1) is 0 Å². The number of benzene rings is 1. The number of hydrogen-bond donors (Lipinski definition) is 0. The SMILES string of the molecule is O=C(C1CCC1)N1C[C@@H]2CC[C@H](C1)N(C(=O)c1ccccc1N1CCCC1)C2. The number of fused-ring (bicyclic) bond motifs is 4. The van der Waals surface area contributed by atoms with Crippen LogP contribution in [0.15, 0.2) is 24.3 Å². The van der Waals surface area contributed by atoms with Gasteiger partial charge in [0.05, 0.1) is 5.56 Å². The summed E-state index contributed by atoms with van der Waals surface area (Å²) in [5.74, 6) is 1.17. The third kappa shape index (κ3) is 3.19. The number of para-hydroxylation sites is 1. The standard InChI is InChI=1S/C23H31N3O2/c27-22(18-6-5-7-18)25-14-17-10-11-19(16-25)26(15-17)23(28)20-8-1-2-9-21(20)24-12-3-4-13-24/h1-2,8-9,17-19H,3-7,10-16H2/t17-,19+/m0/s1. The van der Waals surface area contributed by atoms with E-state index in [1.807, 2.05) is 18.2 Å². The minimum absolute atomic E-state index is 0.162. The normalized spacial score (nSPS) is 27.6. The van der Waals surface area contributed by atoms with Gasteiger partial charge in [-0.25, -0.2) is 0 Å². The number of amides is 2. The Kier molecular flexibility index (Phi) is 4.77. The van der Waals surface area contributed by atoms with Crippen molar-refractivity contribution in [2.45, 2.75) is 51.0 Å². The number of carbonyl (C=O) groups is 2. The lowest BCUT2D eigenvalue weighted by Gasteiger charge is -2.37. The lowest BCUT2D eigenvalue weighted by molar-refractivity contribution is -0.138. The summed E-state index contributed by atoms with van der Waals surface area (Å²) in [5.41, 5.74) is 1.93. The summed E-state index contributed by atoms with van der Waals surface area (Å²) in [6.07, 6.45) is 7.86. The van der Waals surface area contributed by atoms with Crippen molar-refractivity contribution in [3.8, 4) is 0 Å². The molecule has 0 spiro atoms. The van der Waals surface area contributed by atoms with Crippen LogP contribution in [0.5, 0.6) is 0 Å². The van der Waals surface area contributed by atoms with Crippen LogP contribution in [0.25, 0.3) is 0 Å². The lowest BCUT2D eigenvalue weighted by atomic mass is 9.84. The Bertz CT molecular complexity index is 754. The Morgan fingerprint density at radius 2 is 1.64 bits per heavy atom. The highest BCUT2D eigenvalue weighted by Crippen LogP contribution is 2.34. The molecule has 0 unspecified atom stereocenters. The fourth-order valence-corrected chi connectivity index (χ4v) is 5.47. The molecule has 150 valence electrons. The highest BCUT2D eigenvalue weighted by Gasteiger charge is 2.41. The van der Waals surface area contributed by atoms with Crippen LogP contribution in [0.1, 0.15) is 55.3 Å². The highest BCUT2D eigenvalue weighted by atomic mass is 16.2. The van der Waals surface area contributed by atoms with Crippen molar-refractivity contribution in [2.24, 2.45) is 11.8 Å². The molecule has 2 bridgehead atoms. The summed E-state index contributed by atoms with van der Waals surface area (Å²) in [6, 6.07) is 8.28. The molecule has 6 rings (SSSR count). The predicted octanol–water partition coefficient (Wildman–Crippen LogP) is 3.15. The van der Waals surface area contributed by atoms with Crippen LogP contribution in [0.2, 0.25) is 0 Å². The van der Waals surface area contributed by atoms with Gasteiger partial charge in [0.2, 0.25) is 5.91 Å². The highest BCUT2D eigenvalue weighted by molar-refractivity contribution is 6.00. The molecule has 0 radical (unpaired) electrons. The second-order valence-corrected chi connectivity index (χ2v) is 9.14. The van der Waals surface area contributed by atoms with Crippen molar-refractivity contribution < 1.29 is 9.59 Å². The van der Waals surface area contributed by atoms with Gasteiger partial charge in [0, 0.05) is 50.4 Å². The van der Waals surface area contributed by atoms with Gasteiger partial charge in [0.1, 0.15) is 0 Å². The van der Waals surface area contributed by atoms with Crippen molar-refractivity contribution in [1.29, 1.82) is 0 Å². The monoisotopic (exact) mass is 381 g/mol. The molecule has 1 aliphatic carbocycles. The Hall–Kier alpha value is -2.04. The Morgan fingerprint density at radius 1 is 0.857 bits per heavy atom. The number of anilines is 1. The molecule has 2 amide bonds. The van der Waals surface area contributed by atoms with Crippen molar-refractivity contribution in [3.05, 3.63) is 29.8 Å². The van der Waals surface area contributed by atoms with Gasteiger partial charge in [0.15, 0.2) is 0 Å². The van der Waals surface area contributed by atoms with Crippen LogP contribution in [0, 0.1) is 11.8 Å². The number of carbonyl (C=O) groups excluding carboxylic acids is 2. The Balaban J connectivity index is 1.37. The van der Waals surface area contributed by atoms with Gasteiger partial charge in [-0.3, -0.25) is 9.59 Å². The number of hydrogen-bond acceptors (Lipinski definition) is 3. The molecule has 4 saturated heterocycles. The van der Waals surface area contributed by atoms with Gasteiger partial charge >= 0.3 is 0 Å². The molecule has 4 heterocycles. The van der Waals surface area contributed by atoms with E-state index < -0.39 is 0 Å². The molecule has 5 nitrogen and oxygen atoms in total. The first-order valence-electron chi connectivity index (χ1n) is 11.1. The molecule has 5 fully saturated rings. The fraction of sp³-hybridized carbons (Fsp3) is 0.652. The van der Waals surface area contributed by atoms with E-state index in [0.29, 0.717) is 11.8 Å². The van der Waals surface area contributed by atoms with E-state index in [-0.39, 0.29) is 17.9 Å². The summed E-state index contributed by atoms with van der Waals surface area (Å²) in [6.45, 7) is 4.44. The van der Waals surface area contributed by atoms with E-state index in [9.17, 15) is 9.59 Å². The summed E-state index contributed by atoms with van der Waals surface area (Å²) in [7, 11) is 0. The molecule has 1 saturated carbocycles. The van der Waals surface area contributed by atoms with Gasteiger partial charge in [-0.2, -0.15) is 0 Å². The van der Waals surface area contributed by atoms with Crippen LogP contribution in [-0.4, -0.2) is 60.4 Å². The van der Waals surface area contributed by atoms with Gasteiger partial charge in [-0.1, -0.05) is 18.6 Å². The summed E-state index contributed by atoms with van der Waals surface area (Å²) in [5, 5.41) is 0. The molecule has 0 N–H and O–H groups in total. The first kappa shape index (κ1) is 18.0. The molecular weight excluding hydrogens is 350 g/mol. The first-order chi connectivity index (χ1) is 13.7. The zero-order valence-corrected chi connectivity index (χ0v) is 16.7. The van der Waals surface area contributed by atoms with Crippen LogP contribution < -0.4 is 4.90 Å².